The summed E-state index contributed by atoms with van der Waals surface area (Å²) in [6.45, 7) is 8.28. The quantitative estimate of drug-likeness (QED) is 0.181. The predicted octanol–water partition coefficient (Wildman–Crippen LogP) is 8.94. The van der Waals surface area contributed by atoms with Gasteiger partial charge >= 0.3 is 6.09 Å². The Labute approximate surface area is 279 Å². The molecule has 2 heterocycles. The van der Waals surface area contributed by atoms with Crippen molar-refractivity contribution in [3.63, 3.8) is 0 Å². The number of benzene rings is 3. The molecule has 0 radical (unpaired) electrons. The normalized spacial score (nSPS) is 15.3. The van der Waals surface area contributed by atoms with E-state index >= 15 is 4.39 Å². The summed E-state index contributed by atoms with van der Waals surface area (Å²) in [5.41, 5.74) is 0.989. The first-order chi connectivity index (χ1) is 22.8. The van der Waals surface area contributed by atoms with Crippen molar-refractivity contribution in [2.45, 2.75) is 70.8 Å². The second kappa shape index (κ2) is 14.3. The van der Waals surface area contributed by atoms with Gasteiger partial charge in [-0.2, -0.15) is 0 Å². The van der Waals surface area contributed by atoms with Gasteiger partial charge in [-0.05, 0) is 70.4 Å². The molecule has 1 aliphatic heterocycles. The first kappa shape index (κ1) is 34.8. The zero-order valence-corrected chi connectivity index (χ0v) is 28.1. The Morgan fingerprint density at radius 2 is 1.71 bits per heavy atom. The maximum atomic E-state index is 15.1. The van der Waals surface area contributed by atoms with Gasteiger partial charge in [0, 0.05) is 54.7 Å². The summed E-state index contributed by atoms with van der Waals surface area (Å²) in [7, 11) is 3.25. The summed E-state index contributed by atoms with van der Waals surface area (Å²) in [4.78, 5) is 19.2. The van der Waals surface area contributed by atoms with Gasteiger partial charge in [-0.1, -0.05) is 30.3 Å². The average molecular weight is 666 g/mol. The summed E-state index contributed by atoms with van der Waals surface area (Å²) in [5.74, 6) is 0.370. The molecule has 1 aliphatic rings. The molecule has 1 atom stereocenters. The van der Waals surface area contributed by atoms with Crippen LogP contribution in [0.1, 0.15) is 75.3 Å². The van der Waals surface area contributed by atoms with Crippen molar-refractivity contribution in [3.8, 4) is 11.5 Å². The number of carbonyl (C=O) groups excluding carboxylic acids is 1. The van der Waals surface area contributed by atoms with E-state index in [9.17, 15) is 13.6 Å². The molecule has 0 spiro atoms. The molecule has 1 N–H and O–H groups in total. The summed E-state index contributed by atoms with van der Waals surface area (Å²) in [6.07, 6.45) is -0.739. The van der Waals surface area contributed by atoms with Gasteiger partial charge in [0.25, 0.3) is 6.43 Å². The van der Waals surface area contributed by atoms with Crippen LogP contribution in [-0.2, 0) is 21.7 Å². The zero-order valence-electron chi connectivity index (χ0n) is 28.1. The molecule has 0 aliphatic carbocycles. The lowest BCUT2D eigenvalue weighted by Gasteiger charge is -2.42. The molecule has 5 rings (SSSR count). The highest BCUT2D eigenvalue weighted by Gasteiger charge is 2.41. The molecule has 0 saturated carbocycles. The summed E-state index contributed by atoms with van der Waals surface area (Å²) >= 11 is 0. The minimum atomic E-state index is -2.93. The van der Waals surface area contributed by atoms with Crippen LogP contribution in [-0.4, -0.2) is 48.9 Å². The molecular formula is C37H42F3N3O5. The van der Waals surface area contributed by atoms with Crippen molar-refractivity contribution >= 4 is 22.7 Å². The highest BCUT2D eigenvalue weighted by molar-refractivity contribution is 5.93. The third-order valence-electron chi connectivity index (χ3n) is 8.63. The number of nitrogens with one attached hydrogen (secondary N) is 1. The van der Waals surface area contributed by atoms with Crippen LogP contribution in [0, 0.1) is 5.82 Å². The van der Waals surface area contributed by atoms with Crippen LogP contribution >= 0.6 is 0 Å². The van der Waals surface area contributed by atoms with Crippen LogP contribution < -0.4 is 14.8 Å². The van der Waals surface area contributed by atoms with Crippen LogP contribution in [0.3, 0.4) is 0 Å². The molecule has 0 unspecified atom stereocenters. The smallest absolute Gasteiger partial charge is 0.410 e. The predicted molar refractivity (Wildman–Crippen MR) is 178 cm³/mol. The number of fused-ring (bicyclic) bond motifs is 1. The van der Waals surface area contributed by atoms with Gasteiger partial charge < -0.3 is 29.2 Å². The topological polar surface area (TPSA) is 82.2 Å². The number of likely N-dealkylation sites (tertiary alicyclic amines) is 1. The first-order valence-electron chi connectivity index (χ1n) is 15.9. The van der Waals surface area contributed by atoms with Crippen molar-refractivity contribution in [1.82, 2.24) is 9.88 Å². The van der Waals surface area contributed by atoms with E-state index in [0.717, 1.165) is 22.9 Å². The van der Waals surface area contributed by atoms with E-state index in [1.54, 1.807) is 38.3 Å². The maximum Gasteiger partial charge on any atom is 0.410 e. The second-order valence-electron chi connectivity index (χ2n) is 12.9. The van der Waals surface area contributed by atoms with Crippen molar-refractivity contribution in [3.05, 3.63) is 94.9 Å². The third-order valence-corrected chi connectivity index (χ3v) is 8.63. The molecule has 1 fully saturated rings. The van der Waals surface area contributed by atoms with E-state index < -0.39 is 35.1 Å². The number of methoxy groups -OCH3 is 2. The molecule has 11 heteroatoms. The monoisotopic (exact) mass is 665 g/mol. The Morgan fingerprint density at radius 1 is 1.02 bits per heavy atom. The summed E-state index contributed by atoms with van der Waals surface area (Å²) in [5, 5.41) is 4.03. The van der Waals surface area contributed by atoms with Crippen molar-refractivity contribution in [2.24, 2.45) is 0 Å². The number of pyridine rings is 1. The molecule has 1 amide bonds. The fourth-order valence-corrected chi connectivity index (χ4v) is 6.00. The Bertz CT molecular complexity index is 1740. The van der Waals surface area contributed by atoms with Crippen LogP contribution in [0.2, 0.25) is 0 Å². The lowest BCUT2D eigenvalue weighted by Crippen LogP contribution is -2.47. The number of halogens is 3. The van der Waals surface area contributed by atoms with Gasteiger partial charge in [0.05, 0.1) is 29.8 Å². The number of anilines is 1. The second-order valence-corrected chi connectivity index (χ2v) is 12.9. The number of nitrogens with zero attached hydrogens (tertiary/aromatic N) is 2. The number of rotatable bonds is 10. The first-order valence-corrected chi connectivity index (χ1v) is 15.9. The lowest BCUT2D eigenvalue weighted by atomic mass is 9.82. The van der Waals surface area contributed by atoms with Gasteiger partial charge in [-0.3, -0.25) is 4.98 Å². The van der Waals surface area contributed by atoms with Crippen LogP contribution in [0.25, 0.3) is 10.9 Å². The Balaban J connectivity index is 1.52. The SMILES string of the molecule is COc1ccc(COc2cc3nccc(N[C@H](C)c4cccc(C(F)F)c4F)c3cc2C2(OC)CCN(C(=O)OC(C)(C)C)CC2)cc1. The van der Waals surface area contributed by atoms with Gasteiger partial charge in [-0.25, -0.2) is 18.0 Å². The number of piperidine rings is 1. The van der Waals surface area contributed by atoms with E-state index in [4.69, 9.17) is 18.9 Å². The lowest BCUT2D eigenvalue weighted by molar-refractivity contribution is -0.0663. The van der Waals surface area contributed by atoms with Gasteiger partial charge in [-0.15, -0.1) is 0 Å². The highest BCUT2D eigenvalue weighted by atomic mass is 19.3. The highest BCUT2D eigenvalue weighted by Crippen LogP contribution is 2.44. The Hall–Kier alpha value is -4.51. The maximum absolute atomic E-state index is 15.1. The molecule has 8 nitrogen and oxygen atoms in total. The number of amides is 1. The van der Waals surface area contributed by atoms with Crippen LogP contribution in [0.4, 0.5) is 23.7 Å². The fraction of sp³-hybridized carbons (Fsp3) is 0.405. The third kappa shape index (κ3) is 7.62. The standard InChI is InChI=1S/C37H42F3N3O5/c1-23(26-8-7-9-27(33(26)38)34(39)40)42-30-14-17-41-31-21-32(47-22-24-10-12-25(45-5)13-11-24)29(20-28(30)31)37(46-6)15-18-43(19-16-37)35(44)48-36(2,3)4/h7-14,17,20-21,23,34H,15-16,18-19,22H2,1-6H3,(H,41,42)/t23-/m1/s1. The van der Waals surface area contributed by atoms with E-state index in [2.05, 4.69) is 10.3 Å². The molecule has 4 aromatic rings. The summed E-state index contributed by atoms with van der Waals surface area (Å²) in [6, 6.07) is 16.5. The van der Waals surface area contributed by atoms with E-state index in [-0.39, 0.29) is 18.3 Å². The molecule has 48 heavy (non-hydrogen) atoms. The van der Waals surface area contributed by atoms with E-state index in [1.807, 2.05) is 57.2 Å². The summed E-state index contributed by atoms with van der Waals surface area (Å²) < 4.78 is 65.6. The largest absolute Gasteiger partial charge is 0.497 e. The Kier molecular flexibility index (Phi) is 10.4. The average Bonchev–Trinajstić information content (AvgIpc) is 3.06. The number of hydrogen-bond acceptors (Lipinski definition) is 7. The molecular weight excluding hydrogens is 623 g/mol. The zero-order chi connectivity index (χ0) is 34.6. The molecule has 256 valence electrons. The number of carbonyl (C=O) groups is 1. The molecule has 1 saturated heterocycles. The Morgan fingerprint density at radius 3 is 2.33 bits per heavy atom. The molecule has 3 aromatic carbocycles. The molecule has 1 aromatic heterocycles. The number of hydrogen-bond donors (Lipinski definition) is 1. The van der Waals surface area contributed by atoms with Gasteiger partial charge in [0.1, 0.15) is 29.5 Å². The van der Waals surface area contributed by atoms with E-state index in [0.29, 0.717) is 48.3 Å². The van der Waals surface area contributed by atoms with Crippen molar-refractivity contribution in [2.75, 3.05) is 32.6 Å². The van der Waals surface area contributed by atoms with Gasteiger partial charge in [0.15, 0.2) is 0 Å². The molecule has 0 bridgehead atoms. The number of aromatic nitrogens is 1. The minimum absolute atomic E-state index is 0.125. The fourth-order valence-electron chi connectivity index (χ4n) is 6.00. The number of ether oxygens (including phenoxy) is 4. The van der Waals surface area contributed by atoms with E-state index in [1.165, 1.54) is 12.1 Å². The van der Waals surface area contributed by atoms with Crippen LogP contribution in [0.5, 0.6) is 11.5 Å². The van der Waals surface area contributed by atoms with Crippen molar-refractivity contribution in [1.29, 1.82) is 0 Å². The van der Waals surface area contributed by atoms with Crippen molar-refractivity contribution < 1.29 is 36.9 Å². The number of alkyl halides is 2. The van der Waals surface area contributed by atoms with Gasteiger partial charge in [0.2, 0.25) is 0 Å². The minimum Gasteiger partial charge on any atom is -0.497 e. The van der Waals surface area contributed by atoms with Crippen LogP contribution in [0.15, 0.2) is 66.9 Å².